The van der Waals surface area contributed by atoms with Crippen molar-refractivity contribution in [1.29, 1.82) is 0 Å². The zero-order valence-electron chi connectivity index (χ0n) is 23.2. The molecule has 0 saturated carbocycles. The Morgan fingerprint density at radius 2 is 1.07 bits per heavy atom. The molecule has 0 atom stereocenters. The Morgan fingerprint density at radius 3 is 1.41 bits per heavy atom. The van der Waals surface area contributed by atoms with Gasteiger partial charge < -0.3 is 9.80 Å². The van der Waals surface area contributed by atoms with Crippen LogP contribution in [0.4, 0.5) is 33.0 Å². The number of azo groups is 2. The highest BCUT2D eigenvalue weighted by atomic mass is 32.3. The molecular weight excluding hydrogens is 585 g/mol. The summed E-state index contributed by atoms with van der Waals surface area (Å²) in [5.74, 6) is 0. The average molecular weight is 617 g/mol. The van der Waals surface area contributed by atoms with Gasteiger partial charge >= 0.3 is 20.7 Å². The first-order chi connectivity index (χ1) is 19.7. The Kier molecular flexibility index (Phi) is 10.6. The maximum Gasteiger partial charge on any atom is 0.408 e. The minimum Gasteiger partial charge on any atom is -0.372 e. The van der Waals surface area contributed by atoms with Crippen molar-refractivity contribution >= 4 is 66.1 Å². The fourth-order valence-electron chi connectivity index (χ4n) is 3.44. The van der Waals surface area contributed by atoms with Gasteiger partial charge in [-0.3, -0.25) is 0 Å². The van der Waals surface area contributed by atoms with Crippen LogP contribution in [0.3, 0.4) is 0 Å². The van der Waals surface area contributed by atoms with E-state index >= 15 is 0 Å². The van der Waals surface area contributed by atoms with Gasteiger partial charge in [0.25, 0.3) is 0 Å². The molecule has 41 heavy (non-hydrogen) atoms. The molecule has 0 fully saturated rings. The molecular formula is C26H32N8O4S3+2. The summed E-state index contributed by atoms with van der Waals surface area (Å²) in [4.78, 5) is 3.76. The molecule has 0 amide bonds. The zero-order valence-corrected chi connectivity index (χ0v) is 25.6. The molecule has 0 spiro atoms. The van der Waals surface area contributed by atoms with Gasteiger partial charge in [0.05, 0.1) is 37.5 Å². The molecule has 12 nitrogen and oxygen atoms in total. The van der Waals surface area contributed by atoms with Crippen molar-refractivity contribution < 1.29 is 25.9 Å². The number of nitrogens with zero attached hydrogens (tertiary/aromatic N) is 8. The number of thiazole rings is 2. The van der Waals surface area contributed by atoms with Crippen molar-refractivity contribution in [3.8, 4) is 0 Å². The van der Waals surface area contributed by atoms with Crippen molar-refractivity contribution in [3.05, 3.63) is 71.7 Å². The number of rotatable bonds is 14. The average Bonchev–Trinajstić information content (AvgIpc) is 3.57. The minimum absolute atomic E-state index is 0.0511. The predicted molar refractivity (Wildman–Crippen MR) is 160 cm³/mol. The number of hydrogen-bond acceptors (Lipinski definition) is 12. The quantitative estimate of drug-likeness (QED) is 0.143. The minimum atomic E-state index is -4.13. The number of hydrogen-bond donors (Lipinski definition) is 0. The Morgan fingerprint density at radius 1 is 0.683 bits per heavy atom. The van der Waals surface area contributed by atoms with E-state index in [1.54, 1.807) is 0 Å². The van der Waals surface area contributed by atoms with Crippen LogP contribution in [0.1, 0.15) is 0 Å². The van der Waals surface area contributed by atoms with Gasteiger partial charge in [0.15, 0.2) is 0 Å². The maximum absolute atomic E-state index is 12.2. The smallest absolute Gasteiger partial charge is 0.372 e. The molecule has 0 aliphatic rings. The van der Waals surface area contributed by atoms with Crippen LogP contribution in [-0.2, 0) is 32.9 Å². The second-order valence-electron chi connectivity index (χ2n) is 8.92. The lowest BCUT2D eigenvalue weighted by Crippen LogP contribution is -2.27. The third-order valence-electron chi connectivity index (χ3n) is 5.91. The molecule has 2 aromatic carbocycles. The molecule has 0 radical (unpaired) electrons. The normalized spacial score (nSPS) is 12.0. The van der Waals surface area contributed by atoms with Crippen LogP contribution >= 0.6 is 22.7 Å². The maximum atomic E-state index is 12.2. The van der Waals surface area contributed by atoms with Gasteiger partial charge in [0, 0.05) is 49.3 Å². The first kappa shape index (κ1) is 30.3. The van der Waals surface area contributed by atoms with Gasteiger partial charge in [-0.05, 0) is 81.4 Å². The van der Waals surface area contributed by atoms with E-state index in [2.05, 4.69) is 20.5 Å². The molecule has 2 aromatic heterocycles. The molecule has 4 aromatic rings. The van der Waals surface area contributed by atoms with E-state index in [4.69, 9.17) is 8.37 Å². The van der Waals surface area contributed by atoms with E-state index in [-0.39, 0.29) is 13.2 Å². The van der Waals surface area contributed by atoms with Gasteiger partial charge in [-0.25, -0.2) is 17.5 Å². The molecule has 0 bridgehead atoms. The topological polar surface area (TPSA) is 116 Å². The lowest BCUT2D eigenvalue weighted by Gasteiger charge is -2.20. The Bertz CT molecular complexity index is 1460. The Labute approximate surface area is 247 Å². The van der Waals surface area contributed by atoms with Crippen molar-refractivity contribution in [3.63, 3.8) is 0 Å². The molecule has 0 unspecified atom stereocenters. The van der Waals surface area contributed by atoms with Crippen LogP contribution in [0, 0.1) is 0 Å². The second kappa shape index (κ2) is 14.3. The van der Waals surface area contributed by atoms with Gasteiger partial charge in [-0.2, -0.15) is 8.42 Å². The number of aromatic nitrogens is 2. The number of benzene rings is 2. The predicted octanol–water partition coefficient (Wildman–Crippen LogP) is 5.14. The van der Waals surface area contributed by atoms with E-state index in [9.17, 15) is 8.42 Å². The molecule has 0 aliphatic carbocycles. The SMILES string of the molecule is CN(CCOS(=O)(=O)OCCN(C)c1ccc(N=Nc2scc[n+]2C)cc1)c1ccc(N=Nc2scc[n+]2C)cc1. The summed E-state index contributed by atoms with van der Waals surface area (Å²) in [5, 5.41) is 22.5. The monoisotopic (exact) mass is 616 g/mol. The first-order valence-electron chi connectivity index (χ1n) is 12.6. The molecule has 15 heteroatoms. The fraction of sp³-hybridized carbons (Fsp3) is 0.308. The van der Waals surface area contributed by atoms with E-state index in [0.717, 1.165) is 33.0 Å². The van der Waals surface area contributed by atoms with Crippen LogP contribution in [-0.4, -0.2) is 48.8 Å². The van der Waals surface area contributed by atoms with Gasteiger partial charge in [0.1, 0.15) is 23.8 Å². The van der Waals surface area contributed by atoms with E-state index in [1.807, 2.05) is 119 Å². The largest absolute Gasteiger partial charge is 0.408 e. The van der Waals surface area contributed by atoms with Gasteiger partial charge in [-0.1, -0.05) is 0 Å². The van der Waals surface area contributed by atoms with Crippen LogP contribution in [0.15, 0.2) is 92.1 Å². The third-order valence-corrected chi connectivity index (χ3v) is 8.50. The summed E-state index contributed by atoms with van der Waals surface area (Å²) >= 11 is 3.01. The van der Waals surface area contributed by atoms with Crippen molar-refractivity contribution in [2.75, 3.05) is 50.2 Å². The highest BCUT2D eigenvalue weighted by Gasteiger charge is 2.14. The molecule has 0 N–H and O–H groups in total. The van der Waals surface area contributed by atoms with E-state index < -0.39 is 10.4 Å². The van der Waals surface area contributed by atoms with Crippen LogP contribution in [0.2, 0.25) is 0 Å². The first-order valence-corrected chi connectivity index (χ1v) is 15.7. The molecule has 0 aliphatic heterocycles. The zero-order chi connectivity index (χ0) is 29.2. The molecule has 2 heterocycles. The standard InChI is InChI=1S/C26H32N8O4S3/c1-31(23-9-5-21(6-10-23)27-29-25-33(3)15-19-39-25)13-17-37-41(35,36)38-18-14-32(2)24-11-7-22(8-12-24)28-30-26-34(4)16-20-40-26/h5-12,15-16,19-20H,13-14,17-18H2,1-4H3/q+2. The van der Waals surface area contributed by atoms with E-state index in [1.165, 1.54) is 22.7 Å². The molecule has 216 valence electrons. The van der Waals surface area contributed by atoms with Gasteiger partial charge in [0.2, 0.25) is 0 Å². The Hall–Kier alpha value is -3.63. The number of likely N-dealkylation sites (N-methyl/N-ethyl adjacent to an activating group) is 2. The van der Waals surface area contributed by atoms with Crippen molar-refractivity contribution in [2.24, 2.45) is 34.6 Å². The summed E-state index contributed by atoms with van der Waals surface area (Å²) in [6, 6.07) is 15.0. The number of aryl methyl sites for hydroxylation is 2. The second-order valence-corrected chi connectivity index (χ2v) is 12.0. The number of anilines is 2. The fourth-order valence-corrected chi connectivity index (χ4v) is 5.43. The summed E-state index contributed by atoms with van der Waals surface area (Å²) in [6.45, 7) is 0.598. The third kappa shape index (κ3) is 9.19. The summed E-state index contributed by atoms with van der Waals surface area (Å²) < 4.78 is 38.3. The molecule has 4 rings (SSSR count). The van der Waals surface area contributed by atoms with Crippen LogP contribution in [0.5, 0.6) is 0 Å². The van der Waals surface area contributed by atoms with E-state index in [0.29, 0.717) is 13.1 Å². The van der Waals surface area contributed by atoms with Crippen molar-refractivity contribution in [2.45, 2.75) is 0 Å². The summed E-state index contributed by atoms with van der Waals surface area (Å²) in [5.41, 5.74) is 3.22. The molecule has 0 saturated heterocycles. The summed E-state index contributed by atoms with van der Waals surface area (Å²) in [7, 11) is 3.40. The Balaban J connectivity index is 1.16. The lowest BCUT2D eigenvalue weighted by atomic mass is 10.2. The highest BCUT2D eigenvalue weighted by molar-refractivity contribution is 7.81. The summed E-state index contributed by atoms with van der Waals surface area (Å²) in [6.07, 6.45) is 3.84. The van der Waals surface area contributed by atoms with Crippen LogP contribution in [0.25, 0.3) is 0 Å². The van der Waals surface area contributed by atoms with Crippen LogP contribution < -0.4 is 18.9 Å². The lowest BCUT2D eigenvalue weighted by molar-refractivity contribution is -0.654. The highest BCUT2D eigenvalue weighted by Crippen LogP contribution is 2.23. The van der Waals surface area contributed by atoms with Gasteiger partial charge in [-0.15, -0.1) is 0 Å². The van der Waals surface area contributed by atoms with Crippen molar-refractivity contribution in [1.82, 2.24) is 0 Å².